The van der Waals surface area contributed by atoms with Gasteiger partial charge in [0, 0.05) is 13.8 Å². The van der Waals surface area contributed by atoms with Gasteiger partial charge in [0.2, 0.25) is 5.79 Å². The molecule has 146 valence electrons. The smallest absolute Gasteiger partial charge is 0.316 e. The molecule has 4 heteroatoms. The van der Waals surface area contributed by atoms with Crippen molar-refractivity contribution in [3.8, 4) is 0 Å². The highest BCUT2D eigenvalue weighted by molar-refractivity contribution is 7.98. The second-order valence-electron chi connectivity index (χ2n) is 7.48. The molecule has 0 bridgehead atoms. The van der Waals surface area contributed by atoms with Crippen LogP contribution in [0.15, 0.2) is 103 Å². The first kappa shape index (κ1) is 19.4. The van der Waals surface area contributed by atoms with Gasteiger partial charge in [0.1, 0.15) is 41.2 Å². The summed E-state index contributed by atoms with van der Waals surface area (Å²) in [5, 5.41) is 3.64. The maximum absolute atomic E-state index is 12.3. The maximum atomic E-state index is 12.3. The Morgan fingerprint density at radius 1 is 0.724 bits per heavy atom. The summed E-state index contributed by atoms with van der Waals surface area (Å²) in [5.41, 5.74) is 0. The number of benzene rings is 3. The van der Waals surface area contributed by atoms with Crippen molar-refractivity contribution in [3.05, 3.63) is 103 Å². The number of ether oxygens (including phenoxy) is 2. The van der Waals surface area contributed by atoms with Gasteiger partial charge in [0.05, 0.1) is 0 Å². The van der Waals surface area contributed by atoms with Crippen molar-refractivity contribution >= 4 is 29.1 Å². The lowest BCUT2D eigenvalue weighted by Crippen LogP contribution is -2.37. The molecule has 0 atom stereocenters. The van der Waals surface area contributed by atoms with Gasteiger partial charge >= 0.3 is 5.97 Å². The SMILES string of the molecule is CC1(C)OC(=O)CC(=C[P+](c2ccccc2)(c2ccccc2)c2ccccc2)O1. The lowest BCUT2D eigenvalue weighted by Gasteiger charge is -2.33. The van der Waals surface area contributed by atoms with Gasteiger partial charge in [-0.25, -0.2) is 0 Å². The zero-order valence-electron chi connectivity index (χ0n) is 16.6. The van der Waals surface area contributed by atoms with Crippen molar-refractivity contribution in [3.63, 3.8) is 0 Å². The predicted octanol–water partition coefficient (Wildman–Crippen LogP) is 4.52. The van der Waals surface area contributed by atoms with Crippen LogP contribution in [0.4, 0.5) is 0 Å². The molecule has 4 rings (SSSR count). The van der Waals surface area contributed by atoms with E-state index in [4.69, 9.17) is 9.47 Å². The van der Waals surface area contributed by atoms with E-state index in [1.807, 2.05) is 18.2 Å². The van der Waals surface area contributed by atoms with Gasteiger partial charge < -0.3 is 9.47 Å². The second-order valence-corrected chi connectivity index (χ2v) is 10.7. The Labute approximate surface area is 172 Å². The molecule has 3 aromatic rings. The topological polar surface area (TPSA) is 35.5 Å². The average molecular weight is 403 g/mol. The third-order valence-electron chi connectivity index (χ3n) is 4.88. The fourth-order valence-corrected chi connectivity index (χ4v) is 7.62. The molecule has 1 saturated heterocycles. The molecule has 0 N–H and O–H groups in total. The molecule has 0 amide bonds. The number of esters is 1. The fraction of sp³-hybridized carbons (Fsp3) is 0.160. The molecule has 0 radical (unpaired) electrons. The van der Waals surface area contributed by atoms with Gasteiger partial charge in [-0.1, -0.05) is 54.6 Å². The van der Waals surface area contributed by atoms with Crippen LogP contribution in [0.5, 0.6) is 0 Å². The highest BCUT2D eigenvalue weighted by atomic mass is 31.2. The highest BCUT2D eigenvalue weighted by Gasteiger charge is 2.46. The summed E-state index contributed by atoms with van der Waals surface area (Å²) < 4.78 is 11.5. The molecule has 0 saturated carbocycles. The van der Waals surface area contributed by atoms with Gasteiger partial charge in [-0.2, -0.15) is 0 Å². The normalized spacial score (nSPS) is 17.4. The zero-order chi connectivity index (χ0) is 20.3. The van der Waals surface area contributed by atoms with Crippen molar-refractivity contribution in [2.24, 2.45) is 0 Å². The van der Waals surface area contributed by atoms with Crippen LogP contribution in [0.2, 0.25) is 0 Å². The standard InChI is InChI=1S/C25H24O3P/c1-25(2)27-20(18-24(26)28-25)19-29(21-12-6-3-7-13-21,22-14-8-4-9-15-22)23-16-10-5-11-17-23/h3-17,19H,18H2,1-2H3/q+1. The first-order chi connectivity index (χ1) is 14.0. The molecular weight excluding hydrogens is 379 g/mol. The van der Waals surface area contributed by atoms with Crippen LogP contribution in [0.3, 0.4) is 0 Å². The zero-order valence-corrected chi connectivity index (χ0v) is 17.5. The van der Waals surface area contributed by atoms with Crippen molar-refractivity contribution in [1.82, 2.24) is 0 Å². The lowest BCUT2D eigenvalue weighted by atomic mass is 10.3. The average Bonchev–Trinajstić information content (AvgIpc) is 2.72. The predicted molar refractivity (Wildman–Crippen MR) is 119 cm³/mol. The summed E-state index contributed by atoms with van der Waals surface area (Å²) in [6.45, 7) is 3.54. The van der Waals surface area contributed by atoms with Crippen molar-refractivity contribution in [2.75, 3.05) is 0 Å². The van der Waals surface area contributed by atoms with Crippen LogP contribution in [-0.4, -0.2) is 11.8 Å². The van der Waals surface area contributed by atoms with Crippen molar-refractivity contribution in [1.29, 1.82) is 0 Å². The van der Waals surface area contributed by atoms with E-state index in [-0.39, 0.29) is 12.4 Å². The number of carbonyl (C=O) groups excluding carboxylic acids is 1. The van der Waals surface area contributed by atoms with E-state index in [9.17, 15) is 4.79 Å². The highest BCUT2D eigenvalue weighted by Crippen LogP contribution is 2.58. The molecule has 3 aromatic carbocycles. The molecule has 1 fully saturated rings. The Hall–Kier alpha value is -2.90. The number of cyclic esters (lactones) is 1. The summed E-state index contributed by atoms with van der Waals surface area (Å²) in [5.74, 6) is 1.62. The summed E-state index contributed by atoms with van der Waals surface area (Å²) in [6.07, 6.45) is 0.137. The summed E-state index contributed by atoms with van der Waals surface area (Å²) >= 11 is 0. The minimum Gasteiger partial charge on any atom is -0.453 e. The first-order valence-corrected chi connectivity index (χ1v) is 11.5. The van der Waals surface area contributed by atoms with Crippen molar-refractivity contribution in [2.45, 2.75) is 26.1 Å². The number of rotatable bonds is 4. The molecule has 1 heterocycles. The molecule has 0 aromatic heterocycles. The summed E-state index contributed by atoms with van der Waals surface area (Å²) in [4.78, 5) is 12.3. The fourth-order valence-electron chi connectivity index (χ4n) is 3.77. The molecule has 1 aliphatic rings. The second kappa shape index (κ2) is 7.85. The van der Waals surface area contributed by atoms with Crippen LogP contribution in [0.25, 0.3) is 0 Å². The van der Waals surface area contributed by atoms with E-state index in [0.29, 0.717) is 5.76 Å². The summed E-state index contributed by atoms with van der Waals surface area (Å²) in [7, 11) is -2.20. The molecule has 29 heavy (non-hydrogen) atoms. The number of carbonyl (C=O) groups is 1. The van der Waals surface area contributed by atoms with Gasteiger partial charge in [0.15, 0.2) is 0 Å². The maximum Gasteiger partial charge on any atom is 0.316 e. The molecule has 3 nitrogen and oxygen atoms in total. The van der Waals surface area contributed by atoms with Crippen LogP contribution in [0, 0.1) is 0 Å². The third kappa shape index (κ3) is 3.97. The number of hydrogen-bond donors (Lipinski definition) is 0. The van der Waals surface area contributed by atoms with E-state index in [1.165, 1.54) is 15.9 Å². The first-order valence-electron chi connectivity index (χ1n) is 9.68. The monoisotopic (exact) mass is 403 g/mol. The minimum absolute atomic E-state index is 0.137. The Bertz CT molecular complexity index is 915. The van der Waals surface area contributed by atoms with Gasteiger partial charge in [-0.05, 0) is 36.4 Å². The number of hydrogen-bond acceptors (Lipinski definition) is 3. The van der Waals surface area contributed by atoms with Gasteiger partial charge in [-0.3, -0.25) is 4.79 Å². The molecular formula is C25H24O3P+. The molecule has 0 spiro atoms. The van der Waals surface area contributed by atoms with Crippen LogP contribution >= 0.6 is 7.26 Å². The molecule has 1 aliphatic heterocycles. The Morgan fingerprint density at radius 2 is 1.14 bits per heavy atom. The third-order valence-corrected chi connectivity index (χ3v) is 8.90. The van der Waals surface area contributed by atoms with Gasteiger partial charge in [0.25, 0.3) is 0 Å². The van der Waals surface area contributed by atoms with Crippen LogP contribution in [-0.2, 0) is 14.3 Å². The van der Waals surface area contributed by atoms with E-state index >= 15 is 0 Å². The quantitative estimate of drug-likeness (QED) is 0.475. The molecule has 0 aliphatic carbocycles. The van der Waals surface area contributed by atoms with Gasteiger partial charge in [-0.15, -0.1) is 0 Å². The lowest BCUT2D eigenvalue weighted by molar-refractivity contribution is -0.217. The van der Waals surface area contributed by atoms with Crippen LogP contribution < -0.4 is 15.9 Å². The van der Waals surface area contributed by atoms with Crippen LogP contribution in [0.1, 0.15) is 20.3 Å². The van der Waals surface area contributed by atoms with Crippen molar-refractivity contribution < 1.29 is 14.3 Å². The Morgan fingerprint density at radius 3 is 1.52 bits per heavy atom. The Kier molecular flexibility index (Phi) is 5.25. The molecule has 0 unspecified atom stereocenters. The van der Waals surface area contributed by atoms with E-state index in [1.54, 1.807) is 13.8 Å². The largest absolute Gasteiger partial charge is 0.453 e. The van der Waals surface area contributed by atoms with E-state index in [2.05, 4.69) is 78.6 Å². The minimum atomic E-state index is -2.20. The van der Waals surface area contributed by atoms with E-state index in [0.717, 1.165) is 0 Å². The van der Waals surface area contributed by atoms with E-state index < -0.39 is 13.0 Å². The summed E-state index contributed by atoms with van der Waals surface area (Å²) in [6, 6.07) is 31.4. The Balaban J connectivity index is 2.01.